The van der Waals surface area contributed by atoms with E-state index in [1.807, 2.05) is 97.1 Å². The molecule has 0 spiro atoms. The number of para-hydroxylation sites is 5. The fraction of sp³-hybridized carbons (Fsp3) is 0.0114. The Kier molecular flexibility index (Phi) is 14.3. The van der Waals surface area contributed by atoms with E-state index < -0.39 is 5.97 Å². The molecule has 13 aromatic carbocycles. The molecule has 16 aromatic rings. The summed E-state index contributed by atoms with van der Waals surface area (Å²) in [5, 5.41) is 1.89. The molecule has 0 fully saturated rings. The van der Waals surface area contributed by atoms with Crippen LogP contribution in [0, 0.1) is 0 Å². The number of esters is 1. The van der Waals surface area contributed by atoms with Crippen LogP contribution in [-0.2, 0) is 11.3 Å². The Labute approximate surface area is 567 Å². The monoisotopic (exact) mass is 1260 g/mol. The molecule has 0 amide bonds. The van der Waals surface area contributed by atoms with E-state index in [9.17, 15) is 4.79 Å². The van der Waals surface area contributed by atoms with Crippen molar-refractivity contribution in [2.75, 3.05) is 9.80 Å². The van der Waals surface area contributed by atoms with Crippen molar-refractivity contribution >= 4 is 85.0 Å². The second kappa shape index (κ2) is 24.4. The first-order chi connectivity index (χ1) is 48.5. The van der Waals surface area contributed by atoms with Gasteiger partial charge >= 0.3 is 5.97 Å². The molecule has 0 aliphatic carbocycles. The number of aromatic nitrogens is 5. The van der Waals surface area contributed by atoms with Crippen LogP contribution in [0.3, 0.4) is 0 Å². The zero-order valence-electron chi connectivity index (χ0n) is 53.1. The number of rotatable bonds is 13. The van der Waals surface area contributed by atoms with E-state index in [2.05, 4.69) is 257 Å². The molecular weight excluding hydrogens is 1200 g/mol. The van der Waals surface area contributed by atoms with Crippen LogP contribution in [-0.4, -0.2) is 37.2 Å². The predicted octanol–water partition coefficient (Wildman–Crippen LogP) is 19.5. The third-order valence-electron chi connectivity index (χ3n) is 18.9. The molecule has 0 radical (unpaired) electrons. The van der Waals surface area contributed by atoms with Gasteiger partial charge < -0.3 is 19.1 Å². The maximum atomic E-state index is 14.0. The number of fused-ring (bicyclic) bond motifs is 7. The van der Waals surface area contributed by atoms with E-state index in [-0.39, 0.29) is 13.3 Å². The van der Waals surface area contributed by atoms with E-state index in [1.54, 1.807) is 0 Å². The quantitative estimate of drug-likeness (QED) is 0.0833. The van der Waals surface area contributed by atoms with Crippen molar-refractivity contribution in [3.05, 3.63) is 351 Å². The number of benzene rings is 13. The average molecular weight is 1260 g/mol. The minimum atomic E-state index is -0.395. The van der Waals surface area contributed by atoms with Crippen LogP contribution in [0.5, 0.6) is 0 Å². The van der Waals surface area contributed by atoms with Crippen molar-refractivity contribution in [2.45, 2.75) is 6.61 Å². The summed E-state index contributed by atoms with van der Waals surface area (Å²) in [6, 6.07) is 118. The molecule has 3 aromatic heterocycles. The fourth-order valence-electron chi connectivity index (χ4n) is 14.4. The van der Waals surface area contributed by atoms with Gasteiger partial charge in [0.05, 0.1) is 45.1 Å². The molecule has 9 nitrogen and oxygen atoms in total. The SMILES string of the molecule is O=C(OCc1ccccc1)c1ccc2c(c1)c1ccccc1n2-c1ccc(-c2cc(-c3ccccc3)nc(-c3ccccc3)n2)cc1-c1cc(-c2ccccc2)nc(-c2cccc(-c3cc4c5c(c3)N(c3ccccc3)c3ccccc3B5c3ccccc3N4c3ccccc3)c2)n1. The molecule has 0 unspecified atom stereocenters. The number of carbonyl (C=O) groups excluding carboxylic acids is 1. The summed E-state index contributed by atoms with van der Waals surface area (Å²) in [7, 11) is 0. The highest BCUT2D eigenvalue weighted by molar-refractivity contribution is 7.00. The predicted molar refractivity (Wildman–Crippen MR) is 400 cm³/mol. The largest absolute Gasteiger partial charge is 0.457 e. The Hall–Kier alpha value is -13.0. The molecule has 460 valence electrons. The summed E-state index contributed by atoms with van der Waals surface area (Å²) in [4.78, 5) is 40.7. The summed E-state index contributed by atoms with van der Waals surface area (Å²) in [5.74, 6) is 0.772. The molecular formula is C88H58BN7O2. The van der Waals surface area contributed by atoms with E-state index in [0.717, 1.165) is 129 Å². The van der Waals surface area contributed by atoms with Gasteiger partial charge in [0.25, 0.3) is 6.71 Å². The fourth-order valence-corrected chi connectivity index (χ4v) is 14.4. The minimum absolute atomic E-state index is 0.0243. The van der Waals surface area contributed by atoms with Gasteiger partial charge in [-0.3, -0.25) is 0 Å². The standard InChI is InChI=1S/C88H58BN7O2/c97-88(98-57-58-26-7-1-8-27-58)65-47-49-79-70(52-65)69-40-19-22-43-78(69)96(79)80-48-46-63(76-55-74(59-28-9-2-10-29-59)90-86(92-76)61-32-13-4-14-33-61)51-71(80)77-56-75(60-30-11-3-12-31-60)91-87(93-77)64-35-25-34-62(50-64)66-53-83-85-84(54-66)95(68-38-17-6-18-39-68)82-45-24-21-42-73(82)89(85)72-41-20-23-44-81(72)94(83)67-36-15-5-16-37-67/h1-56H,57H2. The number of ether oxygens (including phenoxy) is 1. The van der Waals surface area contributed by atoms with Crippen LogP contribution in [0.4, 0.5) is 34.1 Å². The lowest BCUT2D eigenvalue weighted by Gasteiger charge is -2.44. The molecule has 98 heavy (non-hydrogen) atoms. The van der Waals surface area contributed by atoms with Gasteiger partial charge in [0.2, 0.25) is 0 Å². The first-order valence-electron chi connectivity index (χ1n) is 33.0. The van der Waals surface area contributed by atoms with Crippen molar-refractivity contribution < 1.29 is 9.53 Å². The Balaban J connectivity index is 0.846. The van der Waals surface area contributed by atoms with Gasteiger partial charge in [-0.2, -0.15) is 0 Å². The number of anilines is 6. The van der Waals surface area contributed by atoms with Crippen LogP contribution in [0.15, 0.2) is 340 Å². The Morgan fingerprint density at radius 3 is 1.43 bits per heavy atom. The van der Waals surface area contributed by atoms with Gasteiger partial charge in [-0.1, -0.05) is 237 Å². The summed E-state index contributed by atoms with van der Waals surface area (Å²) < 4.78 is 8.22. The first kappa shape index (κ1) is 57.6. The lowest BCUT2D eigenvalue weighted by molar-refractivity contribution is 0.0473. The molecule has 2 aliphatic rings. The maximum Gasteiger partial charge on any atom is 0.338 e. The molecule has 10 heteroatoms. The van der Waals surface area contributed by atoms with E-state index in [0.29, 0.717) is 22.9 Å². The molecule has 2 aliphatic heterocycles. The summed E-state index contributed by atoms with van der Waals surface area (Å²) in [6.45, 7) is 0.141. The van der Waals surface area contributed by atoms with Crippen LogP contribution < -0.4 is 26.2 Å². The second-order valence-electron chi connectivity index (χ2n) is 24.8. The van der Waals surface area contributed by atoms with Gasteiger partial charge in [0, 0.05) is 78.3 Å². The highest BCUT2D eigenvalue weighted by Crippen LogP contribution is 2.47. The Bertz CT molecular complexity index is 5570. The van der Waals surface area contributed by atoms with Crippen molar-refractivity contribution in [3.8, 4) is 84.6 Å². The zero-order valence-corrected chi connectivity index (χ0v) is 53.1. The van der Waals surface area contributed by atoms with E-state index in [4.69, 9.17) is 24.7 Å². The van der Waals surface area contributed by atoms with Crippen molar-refractivity contribution in [2.24, 2.45) is 0 Å². The maximum absolute atomic E-state index is 14.0. The molecule has 0 saturated carbocycles. The van der Waals surface area contributed by atoms with Crippen LogP contribution >= 0.6 is 0 Å². The Morgan fingerprint density at radius 2 is 0.806 bits per heavy atom. The van der Waals surface area contributed by atoms with Gasteiger partial charge in [-0.25, -0.2) is 24.7 Å². The molecule has 5 heterocycles. The number of hydrogen-bond donors (Lipinski definition) is 0. The third kappa shape index (κ3) is 10.3. The summed E-state index contributed by atoms with van der Waals surface area (Å²) in [6.07, 6.45) is 0. The topological polar surface area (TPSA) is 89.3 Å². The molecule has 0 bridgehead atoms. The molecule has 18 rings (SSSR count). The highest BCUT2D eigenvalue weighted by atomic mass is 16.5. The highest BCUT2D eigenvalue weighted by Gasteiger charge is 2.43. The van der Waals surface area contributed by atoms with Gasteiger partial charge in [0.15, 0.2) is 11.6 Å². The first-order valence-corrected chi connectivity index (χ1v) is 33.0. The average Bonchev–Trinajstić information content (AvgIpc) is 0.879. The summed E-state index contributed by atoms with van der Waals surface area (Å²) in [5.41, 5.74) is 25.0. The minimum Gasteiger partial charge on any atom is -0.457 e. The van der Waals surface area contributed by atoms with Gasteiger partial charge in [-0.05, 0) is 136 Å². The van der Waals surface area contributed by atoms with Crippen molar-refractivity contribution in [1.82, 2.24) is 24.5 Å². The van der Waals surface area contributed by atoms with Crippen LogP contribution in [0.1, 0.15) is 15.9 Å². The Morgan fingerprint density at radius 1 is 0.327 bits per heavy atom. The van der Waals surface area contributed by atoms with Crippen molar-refractivity contribution in [3.63, 3.8) is 0 Å². The molecule has 0 atom stereocenters. The van der Waals surface area contributed by atoms with Crippen LogP contribution in [0.25, 0.3) is 106 Å². The van der Waals surface area contributed by atoms with Gasteiger partial charge in [-0.15, -0.1) is 0 Å². The van der Waals surface area contributed by atoms with Crippen molar-refractivity contribution in [1.29, 1.82) is 0 Å². The van der Waals surface area contributed by atoms with E-state index >= 15 is 0 Å². The molecule has 0 N–H and O–H groups in total. The smallest absolute Gasteiger partial charge is 0.338 e. The normalized spacial score (nSPS) is 12.1. The van der Waals surface area contributed by atoms with Crippen LogP contribution in [0.2, 0.25) is 0 Å². The lowest BCUT2D eigenvalue weighted by Crippen LogP contribution is -2.61. The number of carbonyl (C=O) groups is 1. The third-order valence-corrected chi connectivity index (χ3v) is 18.9. The van der Waals surface area contributed by atoms with Gasteiger partial charge in [0.1, 0.15) is 6.61 Å². The summed E-state index contributed by atoms with van der Waals surface area (Å²) >= 11 is 0. The second-order valence-corrected chi connectivity index (χ2v) is 24.8. The number of nitrogens with zero attached hydrogens (tertiary/aromatic N) is 7. The number of hydrogen-bond acceptors (Lipinski definition) is 8. The lowest BCUT2D eigenvalue weighted by atomic mass is 9.33. The zero-order chi connectivity index (χ0) is 65.0. The van der Waals surface area contributed by atoms with E-state index in [1.165, 1.54) is 16.4 Å². The molecule has 0 saturated heterocycles.